The van der Waals surface area contributed by atoms with E-state index in [1.165, 1.54) is 0 Å². The molecule has 2 aliphatic rings. The molecule has 0 radical (unpaired) electrons. The van der Waals surface area contributed by atoms with Gasteiger partial charge in [0.15, 0.2) is 11.5 Å². The summed E-state index contributed by atoms with van der Waals surface area (Å²) < 4.78 is 10.6. The molecule has 3 rings (SSSR count). The Balaban J connectivity index is 1.81. The lowest BCUT2D eigenvalue weighted by molar-refractivity contribution is 0.0637. The third-order valence-electron chi connectivity index (χ3n) is 3.99. The van der Waals surface area contributed by atoms with Crippen molar-refractivity contribution in [2.24, 2.45) is 0 Å². The predicted molar refractivity (Wildman–Crippen MR) is 72.9 cm³/mol. The fraction of sp³-hybridized carbons (Fsp3) is 0.533. The molecule has 0 atom stereocenters. The summed E-state index contributed by atoms with van der Waals surface area (Å²) in [7, 11) is 0. The molecule has 1 N–H and O–H groups in total. The van der Waals surface area contributed by atoms with Crippen molar-refractivity contribution in [1.82, 2.24) is 4.90 Å². The van der Waals surface area contributed by atoms with Crippen molar-refractivity contribution < 1.29 is 19.4 Å². The van der Waals surface area contributed by atoms with Crippen molar-refractivity contribution in [3.63, 3.8) is 0 Å². The number of hydrogen-bond donors (Lipinski definition) is 1. The Hall–Kier alpha value is -1.75. The highest BCUT2D eigenvalue weighted by Gasteiger charge is 2.28. The summed E-state index contributed by atoms with van der Waals surface area (Å²) in [5.41, 5.74) is 0.592. The third kappa shape index (κ3) is 2.45. The molecule has 20 heavy (non-hydrogen) atoms. The summed E-state index contributed by atoms with van der Waals surface area (Å²) in [6.07, 6.45) is 4.36. The molecule has 0 saturated heterocycles. The normalized spacial score (nSPS) is 17.4. The van der Waals surface area contributed by atoms with E-state index >= 15 is 0 Å². The first-order valence-electron chi connectivity index (χ1n) is 7.11. The summed E-state index contributed by atoms with van der Waals surface area (Å²) in [6, 6.07) is 5.50. The van der Waals surface area contributed by atoms with Crippen LogP contribution >= 0.6 is 0 Å². The van der Waals surface area contributed by atoms with Gasteiger partial charge in [0.2, 0.25) is 6.79 Å². The molecule has 1 saturated carbocycles. The maximum absolute atomic E-state index is 12.6. The Morgan fingerprint density at radius 3 is 2.75 bits per heavy atom. The number of ether oxygens (including phenoxy) is 2. The molecule has 1 aliphatic heterocycles. The van der Waals surface area contributed by atoms with E-state index in [0.29, 0.717) is 23.6 Å². The number of fused-ring (bicyclic) bond motifs is 1. The van der Waals surface area contributed by atoms with Crippen LogP contribution in [0, 0.1) is 0 Å². The van der Waals surface area contributed by atoms with Gasteiger partial charge in [-0.2, -0.15) is 0 Å². The van der Waals surface area contributed by atoms with Crippen LogP contribution in [0.5, 0.6) is 11.5 Å². The van der Waals surface area contributed by atoms with Crippen LogP contribution < -0.4 is 9.47 Å². The van der Waals surface area contributed by atoms with Gasteiger partial charge in [-0.25, -0.2) is 0 Å². The first-order chi connectivity index (χ1) is 9.79. The van der Waals surface area contributed by atoms with Crippen molar-refractivity contribution in [2.75, 3.05) is 19.9 Å². The number of carbonyl (C=O) groups excluding carboxylic acids is 1. The number of benzene rings is 1. The van der Waals surface area contributed by atoms with E-state index in [1.54, 1.807) is 23.1 Å². The highest BCUT2D eigenvalue weighted by molar-refractivity contribution is 5.95. The van der Waals surface area contributed by atoms with E-state index in [1.807, 2.05) is 0 Å². The second-order valence-corrected chi connectivity index (χ2v) is 5.23. The van der Waals surface area contributed by atoms with Gasteiger partial charge in [0, 0.05) is 18.2 Å². The smallest absolute Gasteiger partial charge is 0.254 e. The maximum Gasteiger partial charge on any atom is 0.254 e. The van der Waals surface area contributed by atoms with Gasteiger partial charge in [0.25, 0.3) is 5.91 Å². The number of hydrogen-bond acceptors (Lipinski definition) is 4. The predicted octanol–water partition coefficient (Wildman–Crippen LogP) is 1.79. The number of amides is 1. The molecule has 0 unspecified atom stereocenters. The Labute approximate surface area is 118 Å². The minimum Gasteiger partial charge on any atom is -0.454 e. The second-order valence-electron chi connectivity index (χ2n) is 5.23. The summed E-state index contributed by atoms with van der Waals surface area (Å²) >= 11 is 0. The highest BCUT2D eigenvalue weighted by Crippen LogP contribution is 2.33. The molecule has 1 aromatic rings. The number of aliphatic hydroxyl groups is 1. The molecule has 1 heterocycles. The third-order valence-corrected chi connectivity index (χ3v) is 3.99. The van der Waals surface area contributed by atoms with E-state index in [-0.39, 0.29) is 25.3 Å². The Morgan fingerprint density at radius 1 is 1.25 bits per heavy atom. The zero-order valence-electron chi connectivity index (χ0n) is 11.4. The summed E-state index contributed by atoms with van der Waals surface area (Å²) in [6.45, 7) is 0.584. The van der Waals surface area contributed by atoms with E-state index in [4.69, 9.17) is 9.47 Å². The highest BCUT2D eigenvalue weighted by atomic mass is 16.7. The van der Waals surface area contributed by atoms with Crippen molar-refractivity contribution in [3.05, 3.63) is 23.8 Å². The average Bonchev–Trinajstić information content (AvgIpc) is 3.13. The Morgan fingerprint density at radius 2 is 2.00 bits per heavy atom. The molecular weight excluding hydrogens is 258 g/mol. The van der Waals surface area contributed by atoms with Gasteiger partial charge in [0.05, 0.1) is 6.61 Å². The summed E-state index contributed by atoms with van der Waals surface area (Å²) in [5, 5.41) is 9.21. The van der Waals surface area contributed by atoms with Crippen LogP contribution in [0.3, 0.4) is 0 Å². The standard InChI is InChI=1S/C15H19NO4/c17-8-7-16(12-3-1-2-4-12)15(18)11-5-6-13-14(9-11)20-10-19-13/h5-6,9,12,17H,1-4,7-8,10H2. The van der Waals surface area contributed by atoms with Gasteiger partial charge >= 0.3 is 0 Å². The molecule has 1 fully saturated rings. The number of aliphatic hydroxyl groups excluding tert-OH is 1. The zero-order valence-corrected chi connectivity index (χ0v) is 11.4. The van der Waals surface area contributed by atoms with Crippen LogP contribution in [0.15, 0.2) is 18.2 Å². The maximum atomic E-state index is 12.6. The van der Waals surface area contributed by atoms with Crippen LogP contribution in [0.1, 0.15) is 36.0 Å². The Kier molecular flexibility index (Phi) is 3.78. The molecule has 0 spiro atoms. The minimum atomic E-state index is -0.0377. The van der Waals surface area contributed by atoms with Crippen molar-refractivity contribution in [3.8, 4) is 11.5 Å². The van der Waals surface area contributed by atoms with E-state index < -0.39 is 0 Å². The van der Waals surface area contributed by atoms with Gasteiger partial charge in [-0.05, 0) is 31.0 Å². The molecule has 5 nitrogen and oxygen atoms in total. The van der Waals surface area contributed by atoms with Gasteiger partial charge in [-0.3, -0.25) is 4.79 Å². The first kappa shape index (κ1) is 13.2. The summed E-state index contributed by atoms with van der Waals surface area (Å²) in [4.78, 5) is 14.4. The zero-order chi connectivity index (χ0) is 13.9. The van der Waals surface area contributed by atoms with E-state index in [9.17, 15) is 9.90 Å². The molecule has 108 valence electrons. The summed E-state index contributed by atoms with van der Waals surface area (Å²) in [5.74, 6) is 1.26. The number of carbonyl (C=O) groups is 1. The van der Waals surface area contributed by atoms with Crippen molar-refractivity contribution in [1.29, 1.82) is 0 Å². The molecule has 0 aromatic heterocycles. The largest absolute Gasteiger partial charge is 0.454 e. The molecule has 1 aromatic carbocycles. The lowest BCUT2D eigenvalue weighted by Gasteiger charge is -2.28. The van der Waals surface area contributed by atoms with E-state index in [2.05, 4.69) is 0 Å². The Bertz CT molecular complexity index is 497. The van der Waals surface area contributed by atoms with Crippen LogP contribution in [0.25, 0.3) is 0 Å². The van der Waals surface area contributed by atoms with E-state index in [0.717, 1.165) is 25.7 Å². The van der Waals surface area contributed by atoms with Crippen LogP contribution in [-0.2, 0) is 0 Å². The topological polar surface area (TPSA) is 59.0 Å². The van der Waals surface area contributed by atoms with Crippen LogP contribution in [0.4, 0.5) is 0 Å². The molecule has 5 heteroatoms. The first-order valence-corrected chi connectivity index (χ1v) is 7.11. The SMILES string of the molecule is O=C(c1ccc2c(c1)OCO2)N(CCO)C1CCCC1. The molecular formula is C15H19NO4. The minimum absolute atomic E-state index is 0.00715. The quantitative estimate of drug-likeness (QED) is 0.911. The second kappa shape index (κ2) is 5.71. The molecule has 1 aliphatic carbocycles. The van der Waals surface area contributed by atoms with Crippen LogP contribution in [-0.4, -0.2) is 41.9 Å². The molecule has 0 bridgehead atoms. The van der Waals surface area contributed by atoms with Crippen molar-refractivity contribution >= 4 is 5.91 Å². The van der Waals surface area contributed by atoms with Gasteiger partial charge < -0.3 is 19.5 Å². The average molecular weight is 277 g/mol. The van der Waals surface area contributed by atoms with Crippen LogP contribution in [0.2, 0.25) is 0 Å². The number of rotatable bonds is 4. The lowest BCUT2D eigenvalue weighted by atomic mass is 10.1. The monoisotopic (exact) mass is 277 g/mol. The fourth-order valence-electron chi connectivity index (χ4n) is 2.97. The number of nitrogens with zero attached hydrogens (tertiary/aromatic N) is 1. The van der Waals surface area contributed by atoms with Gasteiger partial charge in [-0.15, -0.1) is 0 Å². The molecule has 1 amide bonds. The van der Waals surface area contributed by atoms with Gasteiger partial charge in [-0.1, -0.05) is 12.8 Å². The van der Waals surface area contributed by atoms with Crippen molar-refractivity contribution in [2.45, 2.75) is 31.7 Å². The fourth-order valence-corrected chi connectivity index (χ4v) is 2.97. The van der Waals surface area contributed by atoms with Gasteiger partial charge in [0.1, 0.15) is 0 Å². The lowest BCUT2D eigenvalue weighted by Crippen LogP contribution is -2.40.